The molecule has 1 heterocycles. The Morgan fingerprint density at radius 3 is 2.61 bits per heavy atom. The van der Waals surface area contributed by atoms with Crippen LogP contribution in [0.4, 0.5) is 10.1 Å². The number of amides is 1. The van der Waals surface area contributed by atoms with Crippen LogP contribution in [-0.4, -0.2) is 36.6 Å². The maximum Gasteiger partial charge on any atom is 0.268 e. The number of halogens is 1. The van der Waals surface area contributed by atoms with Crippen LogP contribution in [0.25, 0.3) is 0 Å². The number of aromatic nitrogens is 1. The number of pyridine rings is 1. The number of nitriles is 1. The van der Waals surface area contributed by atoms with Gasteiger partial charge in [0.05, 0.1) is 5.56 Å². The van der Waals surface area contributed by atoms with Crippen molar-refractivity contribution in [3.8, 4) is 11.8 Å². The molecule has 36 heavy (non-hydrogen) atoms. The van der Waals surface area contributed by atoms with Crippen LogP contribution in [0.1, 0.15) is 39.0 Å². The van der Waals surface area contributed by atoms with Gasteiger partial charge in [0.1, 0.15) is 23.2 Å². The summed E-state index contributed by atoms with van der Waals surface area (Å²) in [6, 6.07) is 11.9. The number of nitrogens with zero attached hydrogens (tertiary/aromatic N) is 2. The van der Waals surface area contributed by atoms with E-state index < -0.39 is 29.7 Å². The van der Waals surface area contributed by atoms with Gasteiger partial charge in [-0.1, -0.05) is 17.7 Å². The van der Waals surface area contributed by atoms with Crippen LogP contribution in [0.5, 0.6) is 5.75 Å². The van der Waals surface area contributed by atoms with Gasteiger partial charge in [0.2, 0.25) is 0 Å². The summed E-state index contributed by atoms with van der Waals surface area (Å²) < 4.78 is 25.9. The van der Waals surface area contributed by atoms with E-state index in [2.05, 4.69) is 5.32 Å². The number of nitrogens with one attached hydrogen (secondary N) is 1. The molecule has 0 aliphatic carbocycles. The molecule has 8 nitrogen and oxygen atoms in total. The molecule has 1 amide bonds. The van der Waals surface area contributed by atoms with E-state index >= 15 is 0 Å². The molecule has 1 N–H and O–H groups in total. The van der Waals surface area contributed by atoms with E-state index in [1.807, 2.05) is 26.0 Å². The fourth-order valence-electron chi connectivity index (χ4n) is 3.63. The van der Waals surface area contributed by atoms with Crippen molar-refractivity contribution >= 4 is 17.4 Å². The summed E-state index contributed by atoms with van der Waals surface area (Å²) in [5.41, 5.74) is 1.69. The van der Waals surface area contributed by atoms with E-state index in [0.29, 0.717) is 18.7 Å². The third kappa shape index (κ3) is 6.43. The van der Waals surface area contributed by atoms with Gasteiger partial charge in [0, 0.05) is 37.7 Å². The Kier molecular flexibility index (Phi) is 8.71. The minimum Gasteiger partial charge on any atom is -0.483 e. The third-order valence-corrected chi connectivity index (χ3v) is 5.42. The van der Waals surface area contributed by atoms with Crippen LogP contribution in [-0.2, 0) is 16.1 Å². The number of hydrogen-bond acceptors (Lipinski definition) is 6. The second-order valence-corrected chi connectivity index (χ2v) is 8.22. The lowest BCUT2D eigenvalue weighted by Crippen LogP contribution is -2.25. The van der Waals surface area contributed by atoms with E-state index in [-0.39, 0.29) is 29.0 Å². The lowest BCUT2D eigenvalue weighted by Gasteiger charge is -2.13. The first kappa shape index (κ1) is 26.3. The summed E-state index contributed by atoms with van der Waals surface area (Å²) in [5, 5.41) is 12.1. The molecule has 0 saturated carbocycles. The van der Waals surface area contributed by atoms with E-state index in [4.69, 9.17) is 9.47 Å². The van der Waals surface area contributed by atoms with Gasteiger partial charge in [-0.3, -0.25) is 14.4 Å². The second-order valence-electron chi connectivity index (χ2n) is 8.22. The zero-order valence-electron chi connectivity index (χ0n) is 20.3. The number of hydrogen-bond donors (Lipinski definition) is 1. The molecule has 3 aromatic rings. The molecule has 0 aliphatic rings. The molecular weight excluding hydrogens is 465 g/mol. The number of anilines is 1. The van der Waals surface area contributed by atoms with Gasteiger partial charge < -0.3 is 19.4 Å². The predicted octanol–water partition coefficient (Wildman–Crippen LogP) is 3.76. The van der Waals surface area contributed by atoms with Gasteiger partial charge in [-0.05, 0) is 56.2 Å². The van der Waals surface area contributed by atoms with Crippen molar-refractivity contribution in [1.29, 1.82) is 5.26 Å². The molecule has 0 unspecified atom stereocenters. The van der Waals surface area contributed by atoms with Crippen molar-refractivity contribution in [3.63, 3.8) is 0 Å². The van der Waals surface area contributed by atoms with Gasteiger partial charge in [0.25, 0.3) is 11.5 Å². The summed E-state index contributed by atoms with van der Waals surface area (Å²) in [7, 11) is 1.52. The number of carbonyl (C=O) groups is 2. The summed E-state index contributed by atoms with van der Waals surface area (Å²) in [6.07, 6.45) is 1.81. The number of rotatable bonds is 10. The SMILES string of the molecule is COCCCn1cc(C(=O)c2cc(F)ccc2OCC(=O)Nc2ccc(C)cc2C)cc(C#N)c1=O. The number of benzene rings is 2. The van der Waals surface area contributed by atoms with Crippen LogP contribution in [0.3, 0.4) is 0 Å². The number of methoxy groups -OCH3 is 1. The van der Waals surface area contributed by atoms with Crippen molar-refractivity contribution < 1.29 is 23.5 Å². The summed E-state index contributed by atoms with van der Waals surface area (Å²) in [6.45, 7) is 4.01. The smallest absolute Gasteiger partial charge is 0.268 e. The van der Waals surface area contributed by atoms with Gasteiger partial charge >= 0.3 is 0 Å². The Balaban J connectivity index is 1.84. The van der Waals surface area contributed by atoms with Crippen LogP contribution in [0, 0.1) is 31.0 Å². The highest BCUT2D eigenvalue weighted by atomic mass is 19.1. The Hall–Kier alpha value is -4.29. The van der Waals surface area contributed by atoms with Crippen LogP contribution in [0.2, 0.25) is 0 Å². The predicted molar refractivity (Wildman–Crippen MR) is 132 cm³/mol. The highest BCUT2D eigenvalue weighted by Gasteiger charge is 2.20. The van der Waals surface area contributed by atoms with Crippen molar-refractivity contribution in [1.82, 2.24) is 4.57 Å². The highest BCUT2D eigenvalue weighted by molar-refractivity contribution is 6.10. The average molecular weight is 492 g/mol. The van der Waals surface area contributed by atoms with Gasteiger partial charge in [-0.15, -0.1) is 0 Å². The summed E-state index contributed by atoms with van der Waals surface area (Å²) in [5.74, 6) is -1.80. The maximum absolute atomic E-state index is 14.1. The fraction of sp³-hybridized carbons (Fsp3) is 0.259. The first-order chi connectivity index (χ1) is 17.2. The fourth-order valence-corrected chi connectivity index (χ4v) is 3.63. The second kappa shape index (κ2) is 11.9. The molecule has 186 valence electrons. The molecule has 3 rings (SSSR count). The van der Waals surface area contributed by atoms with Crippen LogP contribution < -0.4 is 15.6 Å². The van der Waals surface area contributed by atoms with E-state index in [1.54, 1.807) is 12.1 Å². The van der Waals surface area contributed by atoms with Crippen LogP contribution >= 0.6 is 0 Å². The van der Waals surface area contributed by atoms with E-state index in [9.17, 15) is 24.0 Å². The summed E-state index contributed by atoms with van der Waals surface area (Å²) >= 11 is 0. The lowest BCUT2D eigenvalue weighted by atomic mass is 10.0. The normalized spacial score (nSPS) is 10.5. The molecule has 0 aliphatic heterocycles. The molecule has 0 fully saturated rings. The van der Waals surface area contributed by atoms with E-state index in [1.165, 1.54) is 30.0 Å². The molecular formula is C27H26FN3O5. The Morgan fingerprint density at radius 1 is 1.14 bits per heavy atom. The molecule has 9 heteroatoms. The Morgan fingerprint density at radius 2 is 1.92 bits per heavy atom. The number of ether oxygens (including phenoxy) is 2. The first-order valence-corrected chi connectivity index (χ1v) is 11.2. The third-order valence-electron chi connectivity index (χ3n) is 5.42. The van der Waals surface area contributed by atoms with Gasteiger partial charge in [-0.25, -0.2) is 4.39 Å². The van der Waals surface area contributed by atoms with Crippen molar-refractivity contribution in [2.24, 2.45) is 0 Å². The minimum absolute atomic E-state index is 0.00665. The largest absolute Gasteiger partial charge is 0.483 e. The van der Waals surface area contributed by atoms with Crippen molar-refractivity contribution in [3.05, 3.63) is 92.6 Å². The molecule has 0 spiro atoms. The molecule has 1 aromatic heterocycles. The minimum atomic E-state index is -0.681. The number of ketones is 1. The molecule has 0 saturated heterocycles. The number of aryl methyl sites for hydroxylation is 3. The molecule has 2 aromatic carbocycles. The molecule has 0 radical (unpaired) electrons. The van der Waals surface area contributed by atoms with Crippen molar-refractivity contribution in [2.45, 2.75) is 26.8 Å². The highest BCUT2D eigenvalue weighted by Crippen LogP contribution is 2.24. The average Bonchev–Trinajstić information content (AvgIpc) is 2.85. The van der Waals surface area contributed by atoms with Crippen LogP contribution in [0.15, 0.2) is 53.5 Å². The topological polar surface area (TPSA) is 110 Å². The monoisotopic (exact) mass is 491 g/mol. The quantitative estimate of drug-likeness (QED) is 0.342. The summed E-state index contributed by atoms with van der Waals surface area (Å²) in [4.78, 5) is 38.2. The molecule has 0 bridgehead atoms. The Bertz CT molecular complexity index is 1390. The molecule has 0 atom stereocenters. The zero-order chi connectivity index (χ0) is 26.2. The first-order valence-electron chi connectivity index (χ1n) is 11.2. The van der Waals surface area contributed by atoms with E-state index in [0.717, 1.165) is 23.3 Å². The van der Waals surface area contributed by atoms with Crippen molar-refractivity contribution in [2.75, 3.05) is 25.6 Å². The standard InChI is InChI=1S/C27H26FN3O5/c1-17-5-7-23(18(2)11-17)30-25(32)16-36-24-8-6-21(28)13-22(24)26(33)20-12-19(14-29)27(34)31(15-20)9-4-10-35-3/h5-8,11-13,15H,4,9-10,16H2,1-3H3,(H,30,32). The van der Waals surface area contributed by atoms with Gasteiger partial charge in [0.15, 0.2) is 12.4 Å². The number of carbonyl (C=O) groups excluding carboxylic acids is 2. The lowest BCUT2D eigenvalue weighted by molar-refractivity contribution is -0.118. The zero-order valence-corrected chi connectivity index (χ0v) is 20.3. The van der Waals surface area contributed by atoms with Gasteiger partial charge in [-0.2, -0.15) is 5.26 Å². The maximum atomic E-state index is 14.1. The Labute approximate surface area is 207 Å².